The second kappa shape index (κ2) is 11.8. The minimum atomic E-state index is -0.260. The zero-order valence-corrected chi connectivity index (χ0v) is 24.6. The van der Waals surface area contributed by atoms with Crippen molar-refractivity contribution in [2.24, 2.45) is 0 Å². The number of nitrogens with one attached hydrogen (secondary N) is 1. The van der Waals surface area contributed by atoms with E-state index >= 15 is 0 Å². The number of rotatable bonds is 6. The van der Waals surface area contributed by atoms with Gasteiger partial charge in [0.15, 0.2) is 0 Å². The van der Waals surface area contributed by atoms with Crippen LogP contribution < -0.4 is 5.32 Å². The van der Waals surface area contributed by atoms with Gasteiger partial charge in [-0.2, -0.15) is 4.98 Å². The van der Waals surface area contributed by atoms with Gasteiger partial charge in [-0.25, -0.2) is 9.37 Å². The van der Waals surface area contributed by atoms with Gasteiger partial charge in [0.1, 0.15) is 11.5 Å². The van der Waals surface area contributed by atoms with E-state index in [0.29, 0.717) is 30.5 Å². The second-order valence-electron chi connectivity index (χ2n) is 12.0. The number of fused-ring (bicyclic) bond motifs is 1. The Labute approximate surface area is 246 Å². The zero-order chi connectivity index (χ0) is 29.4. The van der Waals surface area contributed by atoms with E-state index < -0.39 is 0 Å². The number of nitrogens with zero attached hydrogens (tertiary/aromatic N) is 5. The van der Waals surface area contributed by atoms with Crippen molar-refractivity contribution in [3.8, 4) is 0 Å². The number of aromatic nitrogens is 4. The van der Waals surface area contributed by atoms with Gasteiger partial charge in [0, 0.05) is 53.9 Å². The Morgan fingerprint density at radius 3 is 2.33 bits per heavy atom. The number of likely N-dealkylation sites (tertiary alicyclic amines) is 1. The molecule has 2 fully saturated rings. The standard InChI is InChI=1S/C33H39FN6O2/c1-20-16-25(17-21(2)36-20)32(42)39-14-12-24(13-15-39)30-19-40(27-8-10-28(41)11-9-27)31-29(30)18-35-33(38-31)37-22(3)23-4-6-26(34)7-5-23/h4-7,16-19,22,24,27-28,41H,8-15H2,1-3H3,(H,35,37,38)/t22-,27-,28-/m0/s1. The quantitative estimate of drug-likeness (QED) is 0.284. The highest BCUT2D eigenvalue weighted by Gasteiger charge is 2.30. The van der Waals surface area contributed by atoms with Crippen molar-refractivity contribution in [2.45, 2.75) is 83.4 Å². The molecule has 3 aromatic heterocycles. The normalized spacial score (nSPS) is 20.5. The van der Waals surface area contributed by atoms with E-state index in [0.717, 1.165) is 66.5 Å². The molecule has 0 radical (unpaired) electrons. The predicted octanol–water partition coefficient (Wildman–Crippen LogP) is 6.25. The highest BCUT2D eigenvalue weighted by molar-refractivity contribution is 5.94. The van der Waals surface area contributed by atoms with Crippen LogP contribution in [0.25, 0.3) is 11.0 Å². The molecule has 42 heavy (non-hydrogen) atoms. The Morgan fingerprint density at radius 2 is 1.67 bits per heavy atom. The summed E-state index contributed by atoms with van der Waals surface area (Å²) in [7, 11) is 0. The summed E-state index contributed by atoms with van der Waals surface area (Å²) in [6, 6.07) is 10.4. The number of piperidine rings is 1. The molecule has 2 aliphatic rings. The molecule has 6 rings (SSSR count). The topological polar surface area (TPSA) is 96.2 Å². The third-order valence-electron chi connectivity index (χ3n) is 8.93. The van der Waals surface area contributed by atoms with Crippen LogP contribution in [0.1, 0.15) is 96.3 Å². The summed E-state index contributed by atoms with van der Waals surface area (Å²) in [5.74, 6) is 0.641. The zero-order valence-electron chi connectivity index (χ0n) is 24.6. The number of hydrogen-bond acceptors (Lipinski definition) is 6. The second-order valence-corrected chi connectivity index (χ2v) is 12.0. The summed E-state index contributed by atoms with van der Waals surface area (Å²) < 4.78 is 15.7. The summed E-state index contributed by atoms with van der Waals surface area (Å²) >= 11 is 0. The van der Waals surface area contributed by atoms with E-state index in [9.17, 15) is 14.3 Å². The fraction of sp³-hybridized carbons (Fsp3) is 0.455. The maximum atomic E-state index is 13.4. The first kappa shape index (κ1) is 28.3. The van der Waals surface area contributed by atoms with Crippen molar-refractivity contribution in [2.75, 3.05) is 18.4 Å². The summed E-state index contributed by atoms with van der Waals surface area (Å²) in [5.41, 5.74) is 5.51. The van der Waals surface area contributed by atoms with Crippen molar-refractivity contribution < 1.29 is 14.3 Å². The van der Waals surface area contributed by atoms with Crippen molar-refractivity contribution in [3.05, 3.63) is 82.7 Å². The van der Waals surface area contributed by atoms with Crippen molar-refractivity contribution in [1.29, 1.82) is 0 Å². The Bertz CT molecular complexity index is 1550. The first-order chi connectivity index (χ1) is 20.2. The van der Waals surface area contributed by atoms with E-state index in [2.05, 4.69) is 21.1 Å². The molecule has 0 unspecified atom stereocenters. The average Bonchev–Trinajstić information content (AvgIpc) is 3.36. The van der Waals surface area contributed by atoms with Crippen LogP contribution in [-0.4, -0.2) is 54.6 Å². The monoisotopic (exact) mass is 570 g/mol. The lowest BCUT2D eigenvalue weighted by Gasteiger charge is -2.32. The molecule has 1 saturated heterocycles. The molecule has 4 heterocycles. The van der Waals surface area contributed by atoms with Gasteiger partial charge in [-0.15, -0.1) is 0 Å². The maximum Gasteiger partial charge on any atom is 0.253 e. The van der Waals surface area contributed by atoms with Crippen molar-refractivity contribution >= 4 is 22.9 Å². The number of carbonyl (C=O) groups excluding carboxylic acids is 1. The molecule has 9 heteroatoms. The number of amides is 1. The number of hydrogen-bond donors (Lipinski definition) is 2. The number of carbonyl (C=O) groups is 1. The molecule has 1 aliphatic carbocycles. The Kier molecular flexibility index (Phi) is 7.94. The van der Waals surface area contributed by atoms with Crippen LogP contribution in [0.5, 0.6) is 0 Å². The molecule has 8 nitrogen and oxygen atoms in total. The van der Waals surface area contributed by atoms with Crippen LogP contribution in [-0.2, 0) is 0 Å². The first-order valence-corrected chi connectivity index (χ1v) is 15.1. The third-order valence-corrected chi connectivity index (χ3v) is 8.93. The summed E-state index contributed by atoms with van der Waals surface area (Å²) in [4.78, 5) is 29.3. The molecule has 1 aliphatic heterocycles. The maximum absolute atomic E-state index is 13.4. The fourth-order valence-electron chi connectivity index (χ4n) is 6.63. The highest BCUT2D eigenvalue weighted by atomic mass is 19.1. The lowest BCUT2D eigenvalue weighted by molar-refractivity contribution is 0.0712. The molecule has 2 N–H and O–H groups in total. The summed E-state index contributed by atoms with van der Waals surface area (Å²) in [6.45, 7) is 7.25. The molecule has 0 bridgehead atoms. The van der Waals surface area contributed by atoms with E-state index in [4.69, 9.17) is 9.97 Å². The summed E-state index contributed by atoms with van der Waals surface area (Å²) in [5, 5.41) is 14.6. The fourth-order valence-corrected chi connectivity index (χ4v) is 6.63. The van der Waals surface area contributed by atoms with Crippen molar-refractivity contribution in [1.82, 2.24) is 24.4 Å². The van der Waals surface area contributed by atoms with E-state index in [1.54, 1.807) is 12.1 Å². The minimum absolute atomic E-state index is 0.0690. The number of anilines is 1. The molecule has 1 atom stereocenters. The van der Waals surface area contributed by atoms with Gasteiger partial charge in [0.2, 0.25) is 5.95 Å². The van der Waals surface area contributed by atoms with Crippen LogP contribution in [0.3, 0.4) is 0 Å². The lowest BCUT2D eigenvalue weighted by atomic mass is 9.89. The number of pyridine rings is 1. The van der Waals surface area contributed by atoms with Crippen LogP contribution in [0.15, 0.2) is 48.8 Å². The van der Waals surface area contributed by atoms with Gasteiger partial charge in [0.05, 0.1) is 12.1 Å². The number of halogens is 1. The number of benzene rings is 1. The number of aryl methyl sites for hydroxylation is 2. The summed E-state index contributed by atoms with van der Waals surface area (Å²) in [6.07, 6.45) is 9.07. The molecule has 0 spiro atoms. The van der Waals surface area contributed by atoms with Gasteiger partial charge in [-0.3, -0.25) is 9.78 Å². The van der Waals surface area contributed by atoms with Crippen LogP contribution in [0.4, 0.5) is 10.3 Å². The number of aliphatic hydroxyl groups is 1. The van der Waals surface area contributed by atoms with E-state index in [1.807, 2.05) is 44.0 Å². The largest absolute Gasteiger partial charge is 0.393 e. The molecular formula is C33H39FN6O2. The molecule has 1 aromatic carbocycles. The SMILES string of the molecule is Cc1cc(C(=O)N2CCC(c3cn([C@H]4CC[C@H](O)CC4)c4nc(N[C@@H](C)c5ccc(F)cc5)ncc34)CC2)cc(C)n1. The Hall–Kier alpha value is -3.85. The molecule has 1 amide bonds. The highest BCUT2D eigenvalue weighted by Crippen LogP contribution is 2.38. The molecule has 220 valence electrons. The van der Waals surface area contributed by atoms with E-state index in [1.165, 1.54) is 17.7 Å². The number of aliphatic hydroxyl groups excluding tert-OH is 1. The average molecular weight is 571 g/mol. The predicted molar refractivity (Wildman–Crippen MR) is 161 cm³/mol. The molecular weight excluding hydrogens is 531 g/mol. The van der Waals surface area contributed by atoms with E-state index in [-0.39, 0.29) is 29.9 Å². The van der Waals surface area contributed by atoms with Crippen LogP contribution in [0.2, 0.25) is 0 Å². The van der Waals surface area contributed by atoms with Gasteiger partial charge in [0.25, 0.3) is 5.91 Å². The molecule has 1 saturated carbocycles. The minimum Gasteiger partial charge on any atom is -0.393 e. The first-order valence-electron chi connectivity index (χ1n) is 15.1. The van der Waals surface area contributed by atoms with Gasteiger partial charge >= 0.3 is 0 Å². The third kappa shape index (κ3) is 5.88. The molecule has 4 aromatic rings. The van der Waals surface area contributed by atoms with Crippen LogP contribution >= 0.6 is 0 Å². The Balaban J connectivity index is 1.25. The van der Waals surface area contributed by atoms with Gasteiger partial charge < -0.3 is 19.9 Å². The Morgan fingerprint density at radius 1 is 1.00 bits per heavy atom. The smallest absolute Gasteiger partial charge is 0.253 e. The lowest BCUT2D eigenvalue weighted by Crippen LogP contribution is -2.38. The van der Waals surface area contributed by atoms with Crippen LogP contribution in [0, 0.1) is 19.7 Å². The van der Waals surface area contributed by atoms with Gasteiger partial charge in [-0.05, 0) is 101 Å². The van der Waals surface area contributed by atoms with Gasteiger partial charge in [-0.1, -0.05) is 12.1 Å². The van der Waals surface area contributed by atoms with Crippen molar-refractivity contribution in [3.63, 3.8) is 0 Å².